The van der Waals surface area contributed by atoms with Crippen LogP contribution in [0, 0.1) is 5.82 Å². The molecular weight excluding hydrogens is 263 g/mol. The highest BCUT2D eigenvalue weighted by Gasteiger charge is 2.03. The lowest BCUT2D eigenvalue weighted by Crippen LogP contribution is -1.88. The molecule has 0 aliphatic heterocycles. The Balaban J connectivity index is 1.95. The number of halogens is 2. The quantitative estimate of drug-likeness (QED) is 0.679. The van der Waals surface area contributed by atoms with E-state index in [1.54, 1.807) is 18.5 Å². The number of rotatable bonds is 2. The van der Waals surface area contributed by atoms with Gasteiger partial charge in [-0.3, -0.25) is 0 Å². The van der Waals surface area contributed by atoms with E-state index >= 15 is 0 Å². The van der Waals surface area contributed by atoms with Gasteiger partial charge in [0.2, 0.25) is 0 Å². The first-order chi connectivity index (χ1) is 9.22. The van der Waals surface area contributed by atoms with Crippen LogP contribution >= 0.6 is 11.6 Å². The molecule has 0 unspecified atom stereocenters. The van der Waals surface area contributed by atoms with Gasteiger partial charge in [0.15, 0.2) is 0 Å². The molecule has 1 heterocycles. The van der Waals surface area contributed by atoms with E-state index in [4.69, 9.17) is 11.6 Å². The molecule has 3 rings (SSSR count). The zero-order valence-electron chi connectivity index (χ0n) is 9.92. The largest absolute Gasteiger partial charge is 0.306 e. The second kappa shape index (κ2) is 4.86. The molecule has 0 radical (unpaired) electrons. The van der Waals surface area contributed by atoms with Crippen molar-refractivity contribution in [3.05, 3.63) is 71.9 Å². The van der Waals surface area contributed by atoms with Crippen LogP contribution in [0.1, 0.15) is 0 Å². The van der Waals surface area contributed by atoms with Gasteiger partial charge in [0.25, 0.3) is 0 Å². The lowest BCUT2D eigenvalue weighted by atomic mass is 10.2. The summed E-state index contributed by atoms with van der Waals surface area (Å²) in [5, 5.41) is 0.697. The summed E-state index contributed by atoms with van der Waals surface area (Å²) < 4.78 is 14.8. The molecule has 0 atom stereocenters. The molecule has 0 aliphatic carbocycles. The summed E-state index contributed by atoms with van der Waals surface area (Å²) in [6.07, 6.45) is 3.62. The van der Waals surface area contributed by atoms with Crippen LogP contribution in [-0.4, -0.2) is 9.55 Å². The molecule has 1 aromatic heterocycles. The maximum Gasteiger partial charge on any atom is 0.123 e. The molecule has 0 bridgehead atoms. The van der Waals surface area contributed by atoms with Gasteiger partial charge in [-0.15, -0.1) is 0 Å². The summed E-state index contributed by atoms with van der Waals surface area (Å²) in [6.45, 7) is 0. The highest BCUT2D eigenvalue weighted by molar-refractivity contribution is 6.30. The van der Waals surface area contributed by atoms with E-state index in [9.17, 15) is 4.39 Å². The zero-order valence-corrected chi connectivity index (χ0v) is 10.7. The standard InChI is InChI=1S/C15H10ClFN2/c16-12-3-7-14(8-4-12)19-9-15(18-10-19)11-1-5-13(17)6-2-11/h1-10H. The number of aromatic nitrogens is 2. The van der Waals surface area contributed by atoms with E-state index in [1.165, 1.54) is 12.1 Å². The second-order valence-electron chi connectivity index (χ2n) is 4.15. The third-order valence-electron chi connectivity index (χ3n) is 2.85. The van der Waals surface area contributed by atoms with Gasteiger partial charge in [-0.1, -0.05) is 11.6 Å². The van der Waals surface area contributed by atoms with E-state index in [1.807, 2.05) is 35.0 Å². The Hall–Kier alpha value is -2.13. The van der Waals surface area contributed by atoms with Crippen molar-refractivity contribution in [3.8, 4) is 16.9 Å². The predicted molar refractivity (Wildman–Crippen MR) is 74.0 cm³/mol. The van der Waals surface area contributed by atoms with Crippen molar-refractivity contribution in [2.24, 2.45) is 0 Å². The average molecular weight is 273 g/mol. The summed E-state index contributed by atoms with van der Waals surface area (Å²) in [7, 11) is 0. The number of hydrogen-bond acceptors (Lipinski definition) is 1. The van der Waals surface area contributed by atoms with E-state index in [0.717, 1.165) is 16.9 Å². The minimum atomic E-state index is -0.249. The van der Waals surface area contributed by atoms with Gasteiger partial charge in [-0.2, -0.15) is 0 Å². The Bertz CT molecular complexity index is 627. The summed E-state index contributed by atoms with van der Waals surface area (Å²) in [4.78, 5) is 4.32. The molecule has 0 aliphatic rings. The van der Waals surface area contributed by atoms with Crippen LogP contribution in [-0.2, 0) is 0 Å². The lowest BCUT2D eigenvalue weighted by molar-refractivity contribution is 0.628. The second-order valence-corrected chi connectivity index (χ2v) is 4.59. The smallest absolute Gasteiger partial charge is 0.123 e. The first-order valence-electron chi connectivity index (χ1n) is 5.78. The molecule has 0 N–H and O–H groups in total. The zero-order chi connectivity index (χ0) is 13.2. The first kappa shape index (κ1) is 11.9. The van der Waals surface area contributed by atoms with Crippen molar-refractivity contribution in [2.45, 2.75) is 0 Å². The third kappa shape index (κ3) is 2.51. The van der Waals surface area contributed by atoms with E-state index in [0.29, 0.717) is 5.02 Å². The fraction of sp³-hybridized carbons (Fsp3) is 0. The summed E-state index contributed by atoms with van der Waals surface area (Å²) in [5.41, 5.74) is 2.66. The highest BCUT2D eigenvalue weighted by atomic mass is 35.5. The maximum atomic E-state index is 12.9. The molecule has 0 saturated heterocycles. The summed E-state index contributed by atoms with van der Waals surface area (Å²) in [5.74, 6) is -0.249. The van der Waals surface area contributed by atoms with Gasteiger partial charge in [0.05, 0.1) is 12.0 Å². The van der Waals surface area contributed by atoms with Gasteiger partial charge in [0, 0.05) is 22.5 Å². The van der Waals surface area contributed by atoms with Crippen molar-refractivity contribution in [2.75, 3.05) is 0 Å². The average Bonchev–Trinajstić information content (AvgIpc) is 2.90. The molecule has 94 valence electrons. The maximum absolute atomic E-state index is 12.9. The van der Waals surface area contributed by atoms with Gasteiger partial charge >= 0.3 is 0 Å². The minimum Gasteiger partial charge on any atom is -0.306 e. The molecule has 0 saturated carbocycles. The highest BCUT2D eigenvalue weighted by Crippen LogP contribution is 2.20. The topological polar surface area (TPSA) is 17.8 Å². The van der Waals surface area contributed by atoms with Gasteiger partial charge in [-0.25, -0.2) is 9.37 Å². The monoisotopic (exact) mass is 272 g/mol. The number of hydrogen-bond donors (Lipinski definition) is 0. The van der Waals surface area contributed by atoms with Crippen LogP contribution in [0.2, 0.25) is 5.02 Å². The van der Waals surface area contributed by atoms with Crippen LogP contribution in [0.15, 0.2) is 61.1 Å². The van der Waals surface area contributed by atoms with Crippen LogP contribution in [0.5, 0.6) is 0 Å². The molecule has 4 heteroatoms. The van der Waals surface area contributed by atoms with Crippen molar-refractivity contribution in [3.63, 3.8) is 0 Å². The molecule has 2 nitrogen and oxygen atoms in total. The normalized spacial score (nSPS) is 10.6. The predicted octanol–water partition coefficient (Wildman–Crippen LogP) is 4.33. The number of benzene rings is 2. The van der Waals surface area contributed by atoms with Crippen LogP contribution < -0.4 is 0 Å². The Kier molecular flexibility index (Phi) is 3.05. The lowest BCUT2D eigenvalue weighted by Gasteiger charge is -2.01. The van der Waals surface area contributed by atoms with Crippen LogP contribution in [0.4, 0.5) is 4.39 Å². The summed E-state index contributed by atoms with van der Waals surface area (Å²) >= 11 is 5.85. The van der Waals surface area contributed by atoms with E-state index < -0.39 is 0 Å². The molecule has 0 amide bonds. The van der Waals surface area contributed by atoms with E-state index in [-0.39, 0.29) is 5.82 Å². The van der Waals surface area contributed by atoms with Gasteiger partial charge < -0.3 is 4.57 Å². The van der Waals surface area contributed by atoms with E-state index in [2.05, 4.69) is 4.98 Å². The Labute approximate surface area is 115 Å². The van der Waals surface area contributed by atoms with Gasteiger partial charge in [0.1, 0.15) is 5.82 Å². The Morgan fingerprint density at radius 1 is 0.947 bits per heavy atom. The Morgan fingerprint density at radius 2 is 1.63 bits per heavy atom. The van der Waals surface area contributed by atoms with Gasteiger partial charge in [-0.05, 0) is 48.5 Å². The van der Waals surface area contributed by atoms with Crippen molar-refractivity contribution in [1.82, 2.24) is 9.55 Å². The van der Waals surface area contributed by atoms with Crippen molar-refractivity contribution < 1.29 is 4.39 Å². The minimum absolute atomic E-state index is 0.249. The molecule has 3 aromatic rings. The SMILES string of the molecule is Fc1ccc(-c2cn(-c3ccc(Cl)cc3)cn2)cc1. The molecule has 0 spiro atoms. The number of nitrogens with zero attached hydrogens (tertiary/aromatic N) is 2. The number of imidazole rings is 1. The molecule has 0 fully saturated rings. The first-order valence-corrected chi connectivity index (χ1v) is 6.16. The molecule has 19 heavy (non-hydrogen) atoms. The third-order valence-corrected chi connectivity index (χ3v) is 3.10. The van der Waals surface area contributed by atoms with Crippen LogP contribution in [0.3, 0.4) is 0 Å². The van der Waals surface area contributed by atoms with Crippen molar-refractivity contribution >= 4 is 11.6 Å². The fourth-order valence-corrected chi connectivity index (χ4v) is 1.97. The van der Waals surface area contributed by atoms with Crippen LogP contribution in [0.25, 0.3) is 16.9 Å². The Morgan fingerprint density at radius 3 is 2.32 bits per heavy atom. The fourth-order valence-electron chi connectivity index (χ4n) is 1.85. The molecular formula is C15H10ClFN2. The van der Waals surface area contributed by atoms with Crippen molar-refractivity contribution in [1.29, 1.82) is 0 Å². The molecule has 2 aromatic carbocycles. The summed E-state index contributed by atoms with van der Waals surface area (Å²) in [6, 6.07) is 13.8.